The van der Waals surface area contributed by atoms with E-state index in [4.69, 9.17) is 9.97 Å². The van der Waals surface area contributed by atoms with Gasteiger partial charge in [0.2, 0.25) is 5.95 Å². The average molecular weight is 832 g/mol. The molecule has 1 aliphatic carbocycles. The molecule has 0 unspecified atom stereocenters. The van der Waals surface area contributed by atoms with Gasteiger partial charge >= 0.3 is 0 Å². The van der Waals surface area contributed by atoms with Gasteiger partial charge in [0.25, 0.3) is 0 Å². The highest BCUT2D eigenvalue weighted by Crippen LogP contribution is 2.44. The number of allylic oxidation sites excluding steroid dienone is 1. The highest BCUT2D eigenvalue weighted by Gasteiger charge is 2.24. The maximum absolute atomic E-state index is 5.63. The number of benzene rings is 9. The third kappa shape index (κ3) is 6.01. The predicted octanol–water partition coefficient (Wildman–Crippen LogP) is 15.6. The van der Waals surface area contributed by atoms with Crippen molar-refractivity contribution in [2.75, 3.05) is 4.90 Å². The Morgan fingerprint density at radius 3 is 1.78 bits per heavy atom. The fourth-order valence-corrected chi connectivity index (χ4v) is 10.3. The van der Waals surface area contributed by atoms with E-state index in [1.807, 2.05) is 0 Å². The van der Waals surface area contributed by atoms with Gasteiger partial charge in [-0.05, 0) is 108 Å². The number of para-hydroxylation sites is 5. The van der Waals surface area contributed by atoms with E-state index in [9.17, 15) is 0 Å². The molecule has 1 aliphatic rings. The molecule has 3 heterocycles. The number of rotatable bonds is 7. The largest absolute Gasteiger partial charge is 0.310 e. The van der Waals surface area contributed by atoms with Crippen LogP contribution in [0.5, 0.6) is 0 Å². The molecule has 0 radical (unpaired) electrons. The van der Waals surface area contributed by atoms with Crippen LogP contribution in [-0.2, 0) is 6.42 Å². The SMILES string of the molecule is C1=Cc2c(nc(-n3c4ccccc4c4c5ccccc5c(-c5cccc(N(c6ccccc6)c6ccccc6)c5)cc43)nc2-c2ccc3c4ccccc4n(-c4ccccc4)c3c2)CC1. The van der Waals surface area contributed by atoms with Crippen LogP contribution in [0, 0.1) is 0 Å². The Morgan fingerprint density at radius 2 is 1.03 bits per heavy atom. The van der Waals surface area contributed by atoms with E-state index in [-0.39, 0.29) is 0 Å². The fraction of sp³-hybridized carbons (Fsp3) is 0.0333. The van der Waals surface area contributed by atoms with Crippen LogP contribution in [0.15, 0.2) is 218 Å². The molecule has 13 rings (SSSR count). The summed E-state index contributed by atoms with van der Waals surface area (Å²) in [7, 11) is 0. The van der Waals surface area contributed by atoms with E-state index >= 15 is 0 Å². The minimum atomic E-state index is 0.679. The van der Waals surface area contributed by atoms with E-state index in [2.05, 4.69) is 239 Å². The first-order chi connectivity index (χ1) is 32.3. The van der Waals surface area contributed by atoms with E-state index in [1.165, 1.54) is 37.8 Å². The molecule has 0 bridgehead atoms. The minimum Gasteiger partial charge on any atom is -0.310 e. The van der Waals surface area contributed by atoms with Crippen molar-refractivity contribution in [3.05, 3.63) is 230 Å². The van der Waals surface area contributed by atoms with Gasteiger partial charge in [0.15, 0.2) is 0 Å². The summed E-state index contributed by atoms with van der Waals surface area (Å²) in [5.41, 5.74) is 15.4. The third-order valence-electron chi connectivity index (χ3n) is 13.1. The van der Waals surface area contributed by atoms with Gasteiger partial charge in [-0.2, -0.15) is 0 Å². The molecule has 5 nitrogen and oxygen atoms in total. The third-order valence-corrected chi connectivity index (χ3v) is 13.1. The highest BCUT2D eigenvalue weighted by atomic mass is 15.2. The minimum absolute atomic E-state index is 0.679. The standard InChI is InChI=1S/C60H41N5/c1-4-20-42(21-5-1)63(43-22-6-2-7-23-43)45-26-18-19-40(37-45)52-39-57-58(49-29-11-10-27-46(49)52)51-31-14-17-34-55(51)65(57)60-61-53-32-15-12-30-50(53)59(62-60)41-35-36-48-47-28-13-16-33-54(47)64(56(48)38-41)44-24-8-3-9-25-44/h1-14,16-31,33-39H,15,32H2. The molecule has 0 N–H and O–H groups in total. The molecule has 0 saturated heterocycles. The number of hydrogen-bond acceptors (Lipinski definition) is 3. The van der Waals surface area contributed by atoms with Gasteiger partial charge in [-0.3, -0.25) is 4.57 Å². The number of anilines is 3. The summed E-state index contributed by atoms with van der Waals surface area (Å²) in [6.45, 7) is 0. The first-order valence-electron chi connectivity index (χ1n) is 22.4. The molecule has 0 fully saturated rings. The number of aryl methyl sites for hydroxylation is 1. The molecule has 0 atom stereocenters. The van der Waals surface area contributed by atoms with Crippen molar-refractivity contribution in [1.29, 1.82) is 0 Å². The predicted molar refractivity (Wildman–Crippen MR) is 271 cm³/mol. The zero-order valence-electron chi connectivity index (χ0n) is 35.5. The van der Waals surface area contributed by atoms with Crippen molar-refractivity contribution < 1.29 is 0 Å². The van der Waals surface area contributed by atoms with Gasteiger partial charge < -0.3 is 9.47 Å². The molecule has 65 heavy (non-hydrogen) atoms. The lowest BCUT2D eigenvalue weighted by Crippen LogP contribution is -2.10. The Morgan fingerprint density at radius 1 is 0.415 bits per heavy atom. The van der Waals surface area contributed by atoms with Crippen molar-refractivity contribution >= 4 is 77.5 Å². The monoisotopic (exact) mass is 831 g/mol. The van der Waals surface area contributed by atoms with Crippen LogP contribution in [0.25, 0.3) is 94.5 Å². The number of hydrogen-bond donors (Lipinski definition) is 0. The van der Waals surface area contributed by atoms with Gasteiger partial charge in [0, 0.05) is 55.4 Å². The van der Waals surface area contributed by atoms with E-state index in [0.717, 1.165) is 85.8 Å². The topological polar surface area (TPSA) is 38.9 Å². The molecule has 0 spiro atoms. The Balaban J connectivity index is 1.05. The van der Waals surface area contributed by atoms with E-state index < -0.39 is 0 Å². The van der Waals surface area contributed by atoms with Crippen molar-refractivity contribution in [3.8, 4) is 34.0 Å². The molecular formula is C60H41N5. The second kappa shape index (κ2) is 15.1. The van der Waals surface area contributed by atoms with Crippen LogP contribution in [0.4, 0.5) is 17.1 Å². The Bertz CT molecular complexity index is 3790. The van der Waals surface area contributed by atoms with Crippen LogP contribution in [0.3, 0.4) is 0 Å². The van der Waals surface area contributed by atoms with Gasteiger partial charge in [-0.15, -0.1) is 0 Å². The van der Waals surface area contributed by atoms with Crippen LogP contribution in [0.2, 0.25) is 0 Å². The molecule has 12 aromatic rings. The zero-order chi connectivity index (χ0) is 42.8. The van der Waals surface area contributed by atoms with Crippen LogP contribution in [-0.4, -0.2) is 19.1 Å². The number of aromatic nitrogens is 4. The lowest BCUT2D eigenvalue weighted by atomic mass is 9.94. The summed E-state index contributed by atoms with van der Waals surface area (Å²) in [4.78, 5) is 13.4. The summed E-state index contributed by atoms with van der Waals surface area (Å²) in [6, 6.07) is 76.3. The Labute approximate surface area is 376 Å². The average Bonchev–Trinajstić information content (AvgIpc) is 3.89. The van der Waals surface area contributed by atoms with Crippen LogP contribution < -0.4 is 4.90 Å². The molecule has 5 heteroatoms. The molecule has 0 amide bonds. The summed E-state index contributed by atoms with van der Waals surface area (Å²) in [5.74, 6) is 0.679. The molecule has 0 saturated carbocycles. The van der Waals surface area contributed by atoms with Crippen LogP contribution >= 0.6 is 0 Å². The van der Waals surface area contributed by atoms with Crippen molar-refractivity contribution in [1.82, 2.24) is 19.1 Å². The normalized spacial score (nSPS) is 12.4. The van der Waals surface area contributed by atoms with Gasteiger partial charge in [-0.25, -0.2) is 9.97 Å². The lowest BCUT2D eigenvalue weighted by molar-refractivity contribution is 0.877. The maximum Gasteiger partial charge on any atom is 0.235 e. The lowest BCUT2D eigenvalue weighted by Gasteiger charge is -2.26. The first-order valence-corrected chi connectivity index (χ1v) is 22.4. The molecule has 306 valence electrons. The second-order valence-corrected chi connectivity index (χ2v) is 16.9. The van der Waals surface area contributed by atoms with Gasteiger partial charge in [0.1, 0.15) is 0 Å². The van der Waals surface area contributed by atoms with Crippen molar-refractivity contribution in [2.24, 2.45) is 0 Å². The maximum atomic E-state index is 5.63. The number of fused-ring (bicyclic) bond motifs is 9. The molecule has 0 aliphatic heterocycles. The Kier molecular flexibility index (Phi) is 8.59. The quantitative estimate of drug-likeness (QED) is 0.161. The van der Waals surface area contributed by atoms with E-state index in [1.54, 1.807) is 0 Å². The summed E-state index contributed by atoms with van der Waals surface area (Å²) in [5, 5.41) is 7.22. The summed E-state index contributed by atoms with van der Waals surface area (Å²) < 4.78 is 4.69. The first kappa shape index (κ1) is 37.1. The highest BCUT2D eigenvalue weighted by molar-refractivity contribution is 6.24. The fourth-order valence-electron chi connectivity index (χ4n) is 10.3. The second-order valence-electron chi connectivity index (χ2n) is 16.9. The smallest absolute Gasteiger partial charge is 0.235 e. The zero-order valence-corrected chi connectivity index (χ0v) is 35.5. The van der Waals surface area contributed by atoms with Gasteiger partial charge in [0.05, 0.1) is 33.5 Å². The van der Waals surface area contributed by atoms with Crippen molar-refractivity contribution in [3.63, 3.8) is 0 Å². The van der Waals surface area contributed by atoms with Crippen LogP contribution in [0.1, 0.15) is 17.7 Å². The number of nitrogens with zero attached hydrogens (tertiary/aromatic N) is 5. The summed E-state index contributed by atoms with van der Waals surface area (Å²) in [6.07, 6.45) is 6.27. The Hall–Kier alpha value is -8.54. The molecular weight excluding hydrogens is 791 g/mol. The summed E-state index contributed by atoms with van der Waals surface area (Å²) >= 11 is 0. The van der Waals surface area contributed by atoms with E-state index in [0.29, 0.717) is 5.95 Å². The molecule has 3 aromatic heterocycles. The van der Waals surface area contributed by atoms with Crippen molar-refractivity contribution in [2.45, 2.75) is 12.8 Å². The molecule has 9 aromatic carbocycles. The van der Waals surface area contributed by atoms with Gasteiger partial charge in [-0.1, -0.05) is 152 Å².